The molecule has 1 unspecified atom stereocenters. The van der Waals surface area contributed by atoms with Crippen LogP contribution in [-0.4, -0.2) is 55.1 Å². The Kier molecular flexibility index (Phi) is 6.98. The van der Waals surface area contributed by atoms with E-state index in [2.05, 4.69) is 22.7 Å². The van der Waals surface area contributed by atoms with E-state index < -0.39 is 6.29 Å². The molecule has 3 heterocycles. The second-order valence-electron chi connectivity index (χ2n) is 10.2. The molecule has 3 aromatic rings. The molecule has 2 aliphatic rings. The number of ether oxygens (including phenoxy) is 1. The number of nitrogens with zero attached hydrogens (tertiary/aromatic N) is 5. The molecule has 10 heteroatoms. The van der Waals surface area contributed by atoms with Gasteiger partial charge in [0.25, 0.3) is 0 Å². The molecule has 2 atom stereocenters. The first kappa shape index (κ1) is 25.0. The molecule has 194 valence electrons. The lowest BCUT2D eigenvalue weighted by Crippen LogP contribution is -2.42. The predicted octanol–water partition coefficient (Wildman–Crippen LogP) is 4.64. The van der Waals surface area contributed by atoms with E-state index in [1.807, 2.05) is 23.9 Å². The van der Waals surface area contributed by atoms with Crippen molar-refractivity contribution in [3.63, 3.8) is 0 Å². The minimum atomic E-state index is -1.27. The van der Waals surface area contributed by atoms with Crippen LogP contribution in [0.3, 0.4) is 0 Å². The number of amides is 1. The van der Waals surface area contributed by atoms with Crippen molar-refractivity contribution in [2.45, 2.75) is 83.2 Å². The Morgan fingerprint density at radius 3 is 2.58 bits per heavy atom. The molecule has 2 N–H and O–H groups in total. The van der Waals surface area contributed by atoms with Crippen LogP contribution in [0.4, 0.5) is 10.5 Å². The van der Waals surface area contributed by atoms with Crippen molar-refractivity contribution in [1.29, 1.82) is 0 Å². The molecule has 1 amide bonds. The lowest BCUT2D eigenvalue weighted by Gasteiger charge is -2.34. The number of aryl methyl sites for hydroxylation is 1. The van der Waals surface area contributed by atoms with Crippen molar-refractivity contribution in [2.24, 2.45) is 5.92 Å². The number of carbonyl (C=O) groups is 1. The number of anilines is 1. The van der Waals surface area contributed by atoms with Gasteiger partial charge in [-0.05, 0) is 63.6 Å². The van der Waals surface area contributed by atoms with Crippen LogP contribution in [0.15, 0.2) is 24.4 Å². The van der Waals surface area contributed by atoms with Crippen LogP contribution in [0.25, 0.3) is 11.0 Å². The molecular formula is C26H34ClN5O4. The highest BCUT2D eigenvalue weighted by Crippen LogP contribution is 2.42. The highest BCUT2D eigenvalue weighted by molar-refractivity contribution is 6.29. The van der Waals surface area contributed by atoms with Gasteiger partial charge in [-0.1, -0.05) is 18.5 Å². The van der Waals surface area contributed by atoms with E-state index in [9.17, 15) is 15.0 Å². The van der Waals surface area contributed by atoms with E-state index in [-0.39, 0.29) is 30.0 Å². The number of halogens is 1. The third-order valence-electron chi connectivity index (χ3n) is 7.89. The summed E-state index contributed by atoms with van der Waals surface area (Å²) in [6, 6.07) is 6.13. The number of rotatable bonds is 5. The fraction of sp³-hybridized carbons (Fsp3) is 0.577. The Hall–Kier alpha value is -2.62. The van der Waals surface area contributed by atoms with Gasteiger partial charge in [0.1, 0.15) is 5.82 Å². The lowest BCUT2D eigenvalue weighted by atomic mass is 9.85. The monoisotopic (exact) mass is 515 g/mol. The van der Waals surface area contributed by atoms with Crippen molar-refractivity contribution < 1.29 is 19.7 Å². The maximum Gasteiger partial charge on any atom is 0.414 e. The smallest absolute Gasteiger partial charge is 0.414 e. The number of hydrogen-bond donors (Lipinski definition) is 2. The number of aliphatic hydroxyl groups is 2. The number of methoxy groups -OCH3 is 1. The number of aliphatic hydroxyl groups excluding tert-OH is 1. The fourth-order valence-electron chi connectivity index (χ4n) is 5.98. The highest BCUT2D eigenvalue weighted by Gasteiger charge is 2.34. The number of imidazole rings is 1. The van der Waals surface area contributed by atoms with Crippen molar-refractivity contribution in [1.82, 2.24) is 19.3 Å². The van der Waals surface area contributed by atoms with Crippen molar-refractivity contribution in [3.05, 3.63) is 40.9 Å². The summed E-state index contributed by atoms with van der Waals surface area (Å²) in [5.74, 6) is 0.941. The summed E-state index contributed by atoms with van der Waals surface area (Å²) in [7, 11) is 1.41. The van der Waals surface area contributed by atoms with Crippen molar-refractivity contribution >= 4 is 34.4 Å². The third kappa shape index (κ3) is 4.48. The van der Waals surface area contributed by atoms with Crippen LogP contribution < -0.4 is 4.90 Å². The first-order valence-electron chi connectivity index (χ1n) is 12.7. The second-order valence-corrected chi connectivity index (χ2v) is 10.6. The van der Waals surface area contributed by atoms with E-state index in [0.29, 0.717) is 11.7 Å². The normalized spacial score (nSPS) is 23.2. The van der Waals surface area contributed by atoms with Crippen molar-refractivity contribution in [3.8, 4) is 0 Å². The summed E-state index contributed by atoms with van der Waals surface area (Å²) in [5, 5.41) is 24.2. The second kappa shape index (κ2) is 10.0. The third-order valence-corrected chi connectivity index (χ3v) is 8.09. The average molecular weight is 516 g/mol. The van der Waals surface area contributed by atoms with E-state index in [0.717, 1.165) is 66.6 Å². The highest BCUT2D eigenvalue weighted by atomic mass is 35.5. The van der Waals surface area contributed by atoms with Crippen LogP contribution in [0.2, 0.25) is 5.15 Å². The zero-order valence-corrected chi connectivity index (χ0v) is 21.7. The molecule has 1 aromatic carbocycles. The molecule has 5 rings (SSSR count). The molecule has 1 fully saturated rings. The molecule has 0 spiro atoms. The van der Waals surface area contributed by atoms with Crippen LogP contribution >= 0.6 is 11.6 Å². The molecule has 2 aromatic heterocycles. The number of aromatic nitrogens is 4. The summed E-state index contributed by atoms with van der Waals surface area (Å²) < 4.78 is 9.28. The summed E-state index contributed by atoms with van der Waals surface area (Å²) in [6.07, 6.45) is 5.13. The first-order valence-corrected chi connectivity index (χ1v) is 13.1. The molecule has 0 radical (unpaired) electrons. The number of hydrogen-bond acceptors (Lipinski definition) is 6. The minimum absolute atomic E-state index is 0.0487. The zero-order valence-electron chi connectivity index (χ0n) is 21.0. The van der Waals surface area contributed by atoms with Crippen LogP contribution in [0.5, 0.6) is 0 Å². The first-order chi connectivity index (χ1) is 17.3. The van der Waals surface area contributed by atoms with Gasteiger partial charge in [0, 0.05) is 35.7 Å². The molecule has 0 bridgehead atoms. The molecule has 1 aliphatic heterocycles. The molecule has 1 aliphatic carbocycles. The summed E-state index contributed by atoms with van der Waals surface area (Å²) in [4.78, 5) is 19.6. The summed E-state index contributed by atoms with van der Waals surface area (Å²) >= 11 is 6.05. The largest absolute Gasteiger partial charge is 0.452 e. The van der Waals surface area contributed by atoms with Gasteiger partial charge in [-0.15, -0.1) is 0 Å². The van der Waals surface area contributed by atoms with E-state index in [1.165, 1.54) is 7.11 Å². The SMILES string of the molecule is COC(=O)N1c2ccc3c(nc(C(C)Cn4ccc(Cl)n4)n3C3CCC(C(O)O)CC3)c2CC[C@@H]1C. The maximum absolute atomic E-state index is 12.6. The Balaban J connectivity index is 1.59. The van der Waals surface area contributed by atoms with Gasteiger partial charge in [-0.25, -0.2) is 9.78 Å². The quantitative estimate of drug-likeness (QED) is 0.479. The predicted molar refractivity (Wildman–Crippen MR) is 137 cm³/mol. The van der Waals surface area contributed by atoms with Gasteiger partial charge >= 0.3 is 6.09 Å². The average Bonchev–Trinajstić information content (AvgIpc) is 3.46. The zero-order chi connectivity index (χ0) is 25.6. The lowest BCUT2D eigenvalue weighted by molar-refractivity contribution is -0.0952. The number of carbonyl (C=O) groups excluding carboxylic acids is 1. The van der Waals surface area contributed by atoms with E-state index in [4.69, 9.17) is 21.3 Å². The Labute approximate surface area is 215 Å². The van der Waals surface area contributed by atoms with E-state index >= 15 is 0 Å². The van der Waals surface area contributed by atoms with Gasteiger partial charge in [0.15, 0.2) is 11.4 Å². The van der Waals surface area contributed by atoms with Gasteiger partial charge in [-0.2, -0.15) is 5.10 Å². The van der Waals surface area contributed by atoms with Crippen LogP contribution in [-0.2, 0) is 17.7 Å². The number of benzene rings is 1. The van der Waals surface area contributed by atoms with Crippen LogP contribution in [0, 0.1) is 5.92 Å². The molecular weight excluding hydrogens is 482 g/mol. The van der Waals surface area contributed by atoms with E-state index in [1.54, 1.807) is 11.0 Å². The molecule has 9 nitrogen and oxygen atoms in total. The minimum Gasteiger partial charge on any atom is -0.452 e. The molecule has 1 saturated carbocycles. The summed E-state index contributed by atoms with van der Waals surface area (Å²) in [6.45, 7) is 4.82. The van der Waals surface area contributed by atoms with Gasteiger partial charge in [0.05, 0.1) is 30.4 Å². The fourth-order valence-corrected chi connectivity index (χ4v) is 6.14. The maximum atomic E-state index is 12.6. The van der Waals surface area contributed by atoms with Crippen molar-refractivity contribution in [2.75, 3.05) is 12.0 Å². The van der Waals surface area contributed by atoms with Gasteiger partial charge in [-0.3, -0.25) is 9.58 Å². The Bertz CT molecular complexity index is 1250. The topological polar surface area (TPSA) is 106 Å². The Morgan fingerprint density at radius 1 is 1.19 bits per heavy atom. The molecule has 36 heavy (non-hydrogen) atoms. The Morgan fingerprint density at radius 2 is 1.94 bits per heavy atom. The number of fused-ring (bicyclic) bond motifs is 3. The van der Waals surface area contributed by atoms with Crippen LogP contribution in [0.1, 0.15) is 69.3 Å². The molecule has 0 saturated heterocycles. The van der Waals surface area contributed by atoms with Gasteiger partial charge in [0.2, 0.25) is 0 Å². The standard InChI is InChI=1S/C26H34ClN5O4/c1-15(14-30-13-12-22(27)29-30)24-28-23-19-9-4-16(2)31(26(35)36-3)20(19)10-11-21(23)32(24)18-7-5-17(6-8-18)25(33)34/h10-13,15-18,25,33-34H,4-9,14H2,1-3H3/t15?,16-,17?,18?/m0/s1. The van der Waals surface area contributed by atoms with Gasteiger partial charge < -0.3 is 19.5 Å². The summed E-state index contributed by atoms with van der Waals surface area (Å²) in [5.41, 5.74) is 3.92.